The van der Waals surface area contributed by atoms with Crippen molar-refractivity contribution >= 4 is 11.9 Å². The molecule has 9 heteroatoms. The van der Waals surface area contributed by atoms with Crippen LogP contribution < -0.4 is 5.32 Å². The van der Waals surface area contributed by atoms with Crippen molar-refractivity contribution in [2.24, 2.45) is 0 Å². The van der Waals surface area contributed by atoms with Crippen molar-refractivity contribution in [3.05, 3.63) is 0 Å². The van der Waals surface area contributed by atoms with Gasteiger partial charge in [0.25, 0.3) is 0 Å². The van der Waals surface area contributed by atoms with E-state index in [1.165, 1.54) is 6.92 Å². The van der Waals surface area contributed by atoms with Gasteiger partial charge in [-0.1, -0.05) is 40.0 Å². The Morgan fingerprint density at radius 1 is 0.903 bits per heavy atom. The highest BCUT2D eigenvalue weighted by atomic mass is 16.7. The maximum absolute atomic E-state index is 11.9. The number of ether oxygens (including phenoxy) is 5. The largest absolute Gasteiger partial charge is 0.480 e. The second-order valence-electron chi connectivity index (χ2n) is 7.78. The van der Waals surface area contributed by atoms with E-state index in [0.717, 1.165) is 38.5 Å². The maximum atomic E-state index is 11.9. The number of rotatable bonds is 17. The van der Waals surface area contributed by atoms with E-state index in [9.17, 15) is 14.7 Å². The lowest BCUT2D eigenvalue weighted by molar-refractivity contribution is -0.286. The van der Waals surface area contributed by atoms with Gasteiger partial charge in [-0.3, -0.25) is 4.79 Å². The number of carbonyl (C=O) groups excluding carboxylic acids is 1. The van der Waals surface area contributed by atoms with Gasteiger partial charge in [0.1, 0.15) is 31.0 Å². The Kier molecular flexibility index (Phi) is 14.7. The van der Waals surface area contributed by atoms with E-state index in [1.54, 1.807) is 0 Å². The second-order valence-corrected chi connectivity index (χ2v) is 7.78. The first-order chi connectivity index (χ1) is 14.9. The van der Waals surface area contributed by atoms with Gasteiger partial charge < -0.3 is 34.1 Å². The van der Waals surface area contributed by atoms with E-state index in [4.69, 9.17) is 23.7 Å². The first-order valence-electron chi connectivity index (χ1n) is 11.5. The Labute approximate surface area is 186 Å². The van der Waals surface area contributed by atoms with Gasteiger partial charge in [0.2, 0.25) is 5.91 Å². The van der Waals surface area contributed by atoms with Crippen LogP contribution in [0.3, 0.4) is 0 Å². The van der Waals surface area contributed by atoms with Crippen LogP contribution in [-0.4, -0.2) is 80.7 Å². The Balaban J connectivity index is 3.10. The minimum Gasteiger partial charge on any atom is -0.480 e. The summed E-state index contributed by atoms with van der Waals surface area (Å²) in [6, 6.07) is -0.702. The van der Waals surface area contributed by atoms with Crippen LogP contribution in [0.4, 0.5) is 0 Å². The van der Waals surface area contributed by atoms with E-state index in [0.29, 0.717) is 19.8 Å². The first kappa shape index (κ1) is 27.8. The van der Waals surface area contributed by atoms with Crippen molar-refractivity contribution in [2.45, 2.75) is 96.9 Å². The molecule has 1 amide bonds. The molecule has 0 aliphatic carbocycles. The van der Waals surface area contributed by atoms with Gasteiger partial charge in [-0.05, 0) is 19.3 Å². The molecule has 182 valence electrons. The lowest BCUT2D eigenvalue weighted by atomic mass is 9.96. The van der Waals surface area contributed by atoms with Crippen molar-refractivity contribution < 1.29 is 38.4 Å². The fraction of sp³-hybridized carbons (Fsp3) is 0.909. The molecule has 0 saturated carbocycles. The molecule has 1 rings (SSSR count). The Morgan fingerprint density at radius 2 is 1.52 bits per heavy atom. The molecule has 31 heavy (non-hydrogen) atoms. The van der Waals surface area contributed by atoms with E-state index in [1.807, 2.05) is 0 Å². The molecule has 9 nitrogen and oxygen atoms in total. The van der Waals surface area contributed by atoms with Crippen molar-refractivity contribution in [1.82, 2.24) is 5.32 Å². The van der Waals surface area contributed by atoms with Crippen LogP contribution in [0.25, 0.3) is 0 Å². The summed E-state index contributed by atoms with van der Waals surface area (Å²) in [5, 5.41) is 12.0. The van der Waals surface area contributed by atoms with Crippen molar-refractivity contribution in [1.29, 1.82) is 0 Å². The van der Waals surface area contributed by atoms with Crippen LogP contribution in [0.15, 0.2) is 0 Å². The number of hydrogen-bond donors (Lipinski definition) is 2. The average Bonchev–Trinajstić information content (AvgIpc) is 2.72. The molecule has 0 radical (unpaired) electrons. The SMILES string of the molecule is CCCCOCC1O[C@H](OCCCC)C(NC(C)=O)C(OCC(=O)O)[C@@H]1OCCCC. The smallest absolute Gasteiger partial charge is 0.329 e. The number of hydrogen-bond acceptors (Lipinski definition) is 7. The minimum absolute atomic E-state index is 0.268. The highest BCUT2D eigenvalue weighted by Gasteiger charge is 2.48. The van der Waals surface area contributed by atoms with Gasteiger partial charge in [0.15, 0.2) is 6.29 Å². The fourth-order valence-electron chi connectivity index (χ4n) is 3.29. The third-order valence-electron chi connectivity index (χ3n) is 4.93. The van der Waals surface area contributed by atoms with E-state index in [-0.39, 0.29) is 12.5 Å². The molecule has 1 heterocycles. The summed E-state index contributed by atoms with van der Waals surface area (Å²) >= 11 is 0. The summed E-state index contributed by atoms with van der Waals surface area (Å²) in [5.41, 5.74) is 0. The number of carboxylic acid groups (broad SMARTS) is 1. The molecule has 0 aromatic heterocycles. The number of amides is 1. The van der Waals surface area contributed by atoms with Gasteiger partial charge in [0.05, 0.1) is 6.61 Å². The van der Waals surface area contributed by atoms with Gasteiger partial charge in [-0.15, -0.1) is 0 Å². The Morgan fingerprint density at radius 3 is 2.10 bits per heavy atom. The molecular weight excluding hydrogens is 406 g/mol. The summed E-state index contributed by atoms with van der Waals surface area (Å²) in [5.74, 6) is -1.38. The average molecular weight is 448 g/mol. The molecular formula is C22H41NO8. The lowest BCUT2D eigenvalue weighted by Gasteiger charge is -2.46. The minimum atomic E-state index is -1.10. The predicted molar refractivity (Wildman–Crippen MR) is 115 cm³/mol. The number of carbonyl (C=O) groups is 2. The maximum Gasteiger partial charge on any atom is 0.329 e. The standard InChI is InChI=1S/C22H41NO8/c1-5-8-11-27-14-17-20(28-12-9-6-2)21(30-15-18(25)26)19(23-16(4)24)22(31-17)29-13-10-7-3/h17,19-22H,5-15H2,1-4H3,(H,23,24)(H,25,26)/t17?,19?,20-,21?,22+/m1/s1. The van der Waals surface area contributed by atoms with Crippen LogP contribution in [0.2, 0.25) is 0 Å². The van der Waals surface area contributed by atoms with Crippen molar-refractivity contribution in [3.63, 3.8) is 0 Å². The number of unbranched alkanes of at least 4 members (excludes halogenated alkanes) is 3. The zero-order valence-electron chi connectivity index (χ0n) is 19.5. The zero-order chi connectivity index (χ0) is 23.1. The zero-order valence-corrected chi connectivity index (χ0v) is 19.5. The third-order valence-corrected chi connectivity index (χ3v) is 4.93. The molecule has 0 bridgehead atoms. The number of aliphatic carboxylic acids is 1. The Hall–Kier alpha value is -1.26. The summed E-state index contributed by atoms with van der Waals surface area (Å²) < 4.78 is 29.8. The van der Waals surface area contributed by atoms with Gasteiger partial charge in [-0.25, -0.2) is 4.79 Å². The van der Waals surface area contributed by atoms with Gasteiger partial charge >= 0.3 is 5.97 Å². The summed E-state index contributed by atoms with van der Waals surface area (Å²) in [4.78, 5) is 23.1. The molecule has 3 unspecified atom stereocenters. The van der Waals surface area contributed by atoms with Gasteiger partial charge in [-0.2, -0.15) is 0 Å². The quantitative estimate of drug-likeness (QED) is 0.327. The van der Waals surface area contributed by atoms with Crippen LogP contribution in [0, 0.1) is 0 Å². The molecule has 2 N–H and O–H groups in total. The summed E-state index contributed by atoms with van der Waals surface area (Å²) in [7, 11) is 0. The molecule has 1 aliphatic heterocycles. The lowest BCUT2D eigenvalue weighted by Crippen LogP contribution is -2.66. The number of nitrogens with one attached hydrogen (secondary N) is 1. The second kappa shape index (κ2) is 16.4. The highest BCUT2D eigenvalue weighted by molar-refractivity contribution is 5.73. The molecule has 1 aliphatic rings. The number of carboxylic acids is 1. The molecule has 0 spiro atoms. The molecule has 0 aromatic rings. The molecule has 0 aromatic carbocycles. The Bertz CT molecular complexity index is 504. The predicted octanol–water partition coefficient (Wildman–Crippen LogP) is 2.50. The van der Waals surface area contributed by atoms with Crippen LogP contribution in [0.1, 0.15) is 66.2 Å². The van der Waals surface area contributed by atoms with E-state index in [2.05, 4.69) is 26.1 Å². The van der Waals surface area contributed by atoms with Crippen LogP contribution in [0.5, 0.6) is 0 Å². The monoisotopic (exact) mass is 447 g/mol. The highest BCUT2D eigenvalue weighted by Crippen LogP contribution is 2.28. The van der Waals surface area contributed by atoms with Crippen LogP contribution in [-0.2, 0) is 33.3 Å². The van der Waals surface area contributed by atoms with E-state index >= 15 is 0 Å². The van der Waals surface area contributed by atoms with Gasteiger partial charge in [0, 0.05) is 26.7 Å². The summed E-state index contributed by atoms with van der Waals surface area (Å²) in [6.07, 6.45) is 2.86. The summed E-state index contributed by atoms with van der Waals surface area (Å²) in [6.45, 7) is 8.86. The third kappa shape index (κ3) is 10.7. The molecule has 1 saturated heterocycles. The van der Waals surface area contributed by atoms with E-state index < -0.39 is 43.2 Å². The fourth-order valence-corrected chi connectivity index (χ4v) is 3.29. The molecule has 1 fully saturated rings. The van der Waals surface area contributed by atoms with Crippen molar-refractivity contribution in [3.8, 4) is 0 Å². The first-order valence-corrected chi connectivity index (χ1v) is 11.5. The van der Waals surface area contributed by atoms with Crippen molar-refractivity contribution in [2.75, 3.05) is 33.0 Å². The molecule has 5 atom stereocenters. The van der Waals surface area contributed by atoms with Crippen LogP contribution >= 0.6 is 0 Å². The normalized spacial score (nSPS) is 26.0. The topological polar surface area (TPSA) is 113 Å².